The third kappa shape index (κ3) is 46.6. The summed E-state index contributed by atoms with van der Waals surface area (Å²) < 4.78 is 0. The van der Waals surface area contributed by atoms with Crippen molar-refractivity contribution in [3.05, 3.63) is 0 Å². The molecule has 0 aromatic heterocycles. The third-order valence-electron chi connectivity index (χ3n) is 14.4. The smallest absolute Gasteiger partial charge is 0.222 e. The molecule has 0 aromatic carbocycles. The molecule has 0 spiro atoms. The van der Waals surface area contributed by atoms with Gasteiger partial charge in [-0.15, -0.1) is 0 Å². The molecule has 0 fully saturated rings. The predicted molar refractivity (Wildman–Crippen MR) is 294 cm³/mol. The van der Waals surface area contributed by atoms with Gasteiger partial charge in [0.2, 0.25) is 11.8 Å². The Hall–Kier alpha value is -1.14. The molecule has 394 valence electrons. The van der Waals surface area contributed by atoms with E-state index in [0.29, 0.717) is 11.8 Å². The molecule has 0 unspecified atom stereocenters. The SMILES string of the molecule is CCCCCCCCCCN(CCCCCCCCCC)C(=O)CCCCCCCN(CCCCCCCC(=O)N(CCCCCCCCCC)CCCCCCCCCC)CCN(C)C. The molecule has 6 nitrogen and oxygen atoms in total. The van der Waals surface area contributed by atoms with Gasteiger partial charge >= 0.3 is 0 Å². The van der Waals surface area contributed by atoms with Gasteiger partial charge in [0.25, 0.3) is 0 Å². The molecular weight excluding hydrogens is 809 g/mol. The number of nitrogens with zero attached hydrogens (tertiary/aromatic N) is 4. The molecule has 6 heteroatoms. The van der Waals surface area contributed by atoms with E-state index in [4.69, 9.17) is 0 Å². The Bertz CT molecular complexity index is 864. The maximum Gasteiger partial charge on any atom is 0.222 e. The number of amides is 2. The van der Waals surface area contributed by atoms with Gasteiger partial charge in [-0.1, -0.05) is 246 Å². The summed E-state index contributed by atoms with van der Waals surface area (Å²) in [5.74, 6) is 0.847. The fraction of sp³-hybridized carbons (Fsp3) is 0.967. The molecule has 0 aliphatic heterocycles. The second-order valence-electron chi connectivity index (χ2n) is 21.3. The number of hydrogen-bond acceptors (Lipinski definition) is 4. The summed E-state index contributed by atoms with van der Waals surface area (Å²) in [4.78, 5) is 36.4. The highest BCUT2D eigenvalue weighted by Gasteiger charge is 2.15. The summed E-state index contributed by atoms with van der Waals surface area (Å²) in [6, 6.07) is 0. The molecule has 2 amide bonds. The van der Waals surface area contributed by atoms with Gasteiger partial charge in [-0.25, -0.2) is 0 Å². The van der Waals surface area contributed by atoms with Crippen LogP contribution in [0.15, 0.2) is 0 Å². The minimum absolute atomic E-state index is 0.424. The second kappa shape index (κ2) is 53.2. The average Bonchev–Trinajstić information content (AvgIpc) is 3.31. The van der Waals surface area contributed by atoms with Crippen LogP contribution in [0.25, 0.3) is 0 Å². The van der Waals surface area contributed by atoms with Crippen LogP contribution in [0.3, 0.4) is 0 Å². The lowest BCUT2D eigenvalue weighted by atomic mass is 10.1. The monoisotopic (exact) mass is 931 g/mol. The van der Waals surface area contributed by atoms with Crippen molar-refractivity contribution in [3.63, 3.8) is 0 Å². The van der Waals surface area contributed by atoms with Crippen LogP contribution >= 0.6 is 0 Å². The largest absolute Gasteiger partial charge is 0.343 e. The first kappa shape index (κ1) is 64.9. The highest BCUT2D eigenvalue weighted by atomic mass is 16.2. The van der Waals surface area contributed by atoms with Crippen molar-refractivity contribution in [2.45, 2.75) is 310 Å². The summed E-state index contributed by atoms with van der Waals surface area (Å²) in [6.07, 6.45) is 56.0. The van der Waals surface area contributed by atoms with Crippen LogP contribution in [-0.2, 0) is 9.59 Å². The van der Waals surface area contributed by atoms with Gasteiger partial charge in [0.05, 0.1) is 0 Å². The fourth-order valence-corrected chi connectivity index (χ4v) is 9.75. The molecule has 0 atom stereocenters. The Morgan fingerprint density at radius 1 is 0.242 bits per heavy atom. The van der Waals surface area contributed by atoms with Gasteiger partial charge in [0.1, 0.15) is 0 Å². The minimum Gasteiger partial charge on any atom is -0.343 e. The van der Waals surface area contributed by atoms with E-state index in [-0.39, 0.29) is 0 Å². The normalized spacial score (nSPS) is 11.7. The van der Waals surface area contributed by atoms with E-state index >= 15 is 0 Å². The van der Waals surface area contributed by atoms with Gasteiger partial charge in [0.15, 0.2) is 0 Å². The van der Waals surface area contributed by atoms with Gasteiger partial charge in [-0.05, 0) is 78.6 Å². The molecule has 0 N–H and O–H groups in total. The molecule has 0 radical (unpaired) electrons. The molecule has 0 heterocycles. The van der Waals surface area contributed by atoms with Crippen molar-refractivity contribution in [3.8, 4) is 0 Å². The van der Waals surface area contributed by atoms with Gasteiger partial charge in [-0.3, -0.25) is 9.59 Å². The van der Waals surface area contributed by atoms with Gasteiger partial charge < -0.3 is 19.6 Å². The van der Waals surface area contributed by atoms with E-state index in [1.54, 1.807) is 0 Å². The molecule has 0 aliphatic carbocycles. The van der Waals surface area contributed by atoms with Crippen molar-refractivity contribution in [1.82, 2.24) is 19.6 Å². The molecule has 0 bridgehead atoms. The van der Waals surface area contributed by atoms with E-state index in [1.165, 1.54) is 270 Å². The van der Waals surface area contributed by atoms with Crippen molar-refractivity contribution < 1.29 is 9.59 Å². The number of carbonyl (C=O) groups excluding carboxylic acids is 2. The maximum atomic E-state index is 13.4. The first-order valence-electron chi connectivity index (χ1n) is 30.3. The first-order chi connectivity index (χ1) is 32.4. The molecule has 0 saturated heterocycles. The van der Waals surface area contributed by atoms with E-state index < -0.39 is 0 Å². The zero-order chi connectivity index (χ0) is 48.2. The van der Waals surface area contributed by atoms with Crippen molar-refractivity contribution >= 4 is 11.8 Å². The van der Waals surface area contributed by atoms with Crippen molar-refractivity contribution in [2.24, 2.45) is 0 Å². The molecule has 0 aliphatic rings. The van der Waals surface area contributed by atoms with Gasteiger partial charge in [-0.2, -0.15) is 0 Å². The standard InChI is InChI=1S/C60H122N4O2/c1-7-11-15-19-23-27-37-45-53-63(54-46-38-28-24-20-16-12-8-2)59(65)49-41-33-31-35-43-51-62(58-57-61(5)6)52-44-36-32-34-42-50-60(66)64(55-47-39-29-25-21-17-13-9-3)56-48-40-30-26-22-18-14-10-4/h7-58H2,1-6H3. The zero-order valence-electron chi connectivity index (χ0n) is 46.4. The highest BCUT2D eigenvalue weighted by molar-refractivity contribution is 5.76. The number of unbranched alkanes of at least 4 members (excludes halogenated alkanes) is 36. The van der Waals surface area contributed by atoms with Crippen LogP contribution < -0.4 is 0 Å². The topological polar surface area (TPSA) is 47.1 Å². The predicted octanol–water partition coefficient (Wildman–Crippen LogP) is 17.8. The molecular formula is C60H122N4O2. The number of carbonyl (C=O) groups is 2. The summed E-state index contributed by atoms with van der Waals surface area (Å²) in [6.45, 7) is 17.7. The van der Waals surface area contributed by atoms with Crippen LogP contribution in [0.4, 0.5) is 0 Å². The van der Waals surface area contributed by atoms with E-state index in [0.717, 1.165) is 65.0 Å². The Labute approximate surface area is 416 Å². The Kier molecular flexibility index (Phi) is 52.3. The van der Waals surface area contributed by atoms with E-state index in [2.05, 4.69) is 61.4 Å². The van der Waals surface area contributed by atoms with Gasteiger partial charge in [0, 0.05) is 52.1 Å². The third-order valence-corrected chi connectivity index (χ3v) is 14.4. The molecule has 0 rings (SSSR count). The number of rotatable bonds is 55. The average molecular weight is 932 g/mol. The lowest BCUT2D eigenvalue weighted by molar-refractivity contribution is -0.132. The van der Waals surface area contributed by atoms with Crippen LogP contribution in [0.1, 0.15) is 310 Å². The Morgan fingerprint density at radius 3 is 0.697 bits per heavy atom. The number of likely N-dealkylation sites (N-methyl/N-ethyl adjacent to an activating group) is 1. The van der Waals surface area contributed by atoms with Crippen LogP contribution in [0.5, 0.6) is 0 Å². The maximum absolute atomic E-state index is 13.4. The second-order valence-corrected chi connectivity index (χ2v) is 21.3. The summed E-state index contributed by atoms with van der Waals surface area (Å²) in [5.41, 5.74) is 0. The highest BCUT2D eigenvalue weighted by Crippen LogP contribution is 2.17. The van der Waals surface area contributed by atoms with E-state index in [1.807, 2.05) is 0 Å². The minimum atomic E-state index is 0.424. The van der Waals surface area contributed by atoms with Crippen LogP contribution in [0, 0.1) is 0 Å². The molecule has 0 aromatic rings. The number of hydrogen-bond donors (Lipinski definition) is 0. The van der Waals surface area contributed by atoms with E-state index in [9.17, 15) is 9.59 Å². The van der Waals surface area contributed by atoms with Crippen molar-refractivity contribution in [2.75, 3.05) is 66.5 Å². The molecule has 0 saturated carbocycles. The first-order valence-corrected chi connectivity index (χ1v) is 30.3. The van der Waals surface area contributed by atoms with Crippen LogP contribution in [-0.4, -0.2) is 97.9 Å². The lowest BCUT2D eigenvalue weighted by Gasteiger charge is -2.24. The quantitative estimate of drug-likeness (QED) is 0.0570. The Morgan fingerprint density at radius 2 is 0.455 bits per heavy atom. The lowest BCUT2D eigenvalue weighted by Crippen LogP contribution is -2.33. The summed E-state index contributed by atoms with van der Waals surface area (Å²) in [5, 5.41) is 0. The molecule has 66 heavy (non-hydrogen) atoms. The Balaban J connectivity index is 4.56. The summed E-state index contributed by atoms with van der Waals surface area (Å²) >= 11 is 0. The van der Waals surface area contributed by atoms with Crippen LogP contribution in [0.2, 0.25) is 0 Å². The fourth-order valence-electron chi connectivity index (χ4n) is 9.75. The zero-order valence-corrected chi connectivity index (χ0v) is 46.4. The summed E-state index contributed by atoms with van der Waals surface area (Å²) in [7, 11) is 4.39. The van der Waals surface area contributed by atoms with Crippen molar-refractivity contribution in [1.29, 1.82) is 0 Å².